The lowest BCUT2D eigenvalue weighted by Crippen LogP contribution is -2.29. The molecule has 1 aliphatic rings. The van der Waals surface area contributed by atoms with Gasteiger partial charge >= 0.3 is 5.97 Å². The number of nitrogens with zero attached hydrogens (tertiary/aromatic N) is 3. The molecule has 3 aromatic rings. The van der Waals surface area contributed by atoms with Gasteiger partial charge in [0.05, 0.1) is 18.8 Å². The monoisotopic (exact) mass is 438 g/mol. The Morgan fingerprint density at radius 1 is 1.10 bits per heavy atom. The lowest BCUT2D eigenvalue weighted by Gasteiger charge is -2.28. The molecule has 8 heteroatoms. The van der Waals surface area contributed by atoms with E-state index in [9.17, 15) is 4.79 Å². The maximum Gasteiger partial charge on any atom is 0.338 e. The van der Waals surface area contributed by atoms with Crippen LogP contribution in [-0.2, 0) is 9.53 Å². The van der Waals surface area contributed by atoms with Gasteiger partial charge in [0.15, 0.2) is 5.82 Å². The highest BCUT2D eigenvalue weighted by molar-refractivity contribution is 6.30. The molecule has 7 nitrogen and oxygen atoms in total. The molecule has 4 rings (SSSR count). The van der Waals surface area contributed by atoms with Crippen molar-refractivity contribution in [3.8, 4) is 17.1 Å². The molecule has 1 aliphatic heterocycles. The summed E-state index contributed by atoms with van der Waals surface area (Å²) in [6.45, 7) is 6.43. The Morgan fingerprint density at radius 2 is 1.81 bits per heavy atom. The van der Waals surface area contributed by atoms with E-state index in [0.717, 1.165) is 16.9 Å². The fourth-order valence-electron chi connectivity index (χ4n) is 3.57. The minimum Gasteiger partial charge on any atom is -0.494 e. The van der Waals surface area contributed by atoms with Crippen molar-refractivity contribution in [2.24, 2.45) is 0 Å². The van der Waals surface area contributed by atoms with Crippen LogP contribution < -0.4 is 10.1 Å². The quantitative estimate of drug-likeness (QED) is 0.554. The third-order valence-corrected chi connectivity index (χ3v) is 5.21. The Labute approximate surface area is 185 Å². The van der Waals surface area contributed by atoms with E-state index in [1.807, 2.05) is 50.2 Å². The second kappa shape index (κ2) is 8.81. The topological polar surface area (TPSA) is 78.3 Å². The number of ether oxygens (including phenoxy) is 2. The van der Waals surface area contributed by atoms with Gasteiger partial charge in [-0.25, -0.2) is 9.48 Å². The number of nitrogens with one attached hydrogen (secondary N) is 1. The first kappa shape index (κ1) is 20.9. The summed E-state index contributed by atoms with van der Waals surface area (Å²) in [5, 5.41) is 8.56. The summed E-state index contributed by atoms with van der Waals surface area (Å²) in [5.41, 5.74) is 2.88. The van der Waals surface area contributed by atoms with E-state index in [0.29, 0.717) is 34.7 Å². The summed E-state index contributed by atoms with van der Waals surface area (Å²) < 4.78 is 12.6. The van der Waals surface area contributed by atoms with Gasteiger partial charge in [0.25, 0.3) is 0 Å². The van der Waals surface area contributed by atoms with Gasteiger partial charge < -0.3 is 14.8 Å². The Balaban J connectivity index is 1.81. The normalized spacial score (nSPS) is 15.3. The number of hydrogen-bond donors (Lipinski definition) is 1. The standard InChI is InChI=1S/C23H23ClN4O3/c1-4-30-18-12-8-15(9-13-18)20-19(22(29)31-5-2)14(3)25-23-26-21(27-28(20)23)16-6-10-17(24)11-7-16/h6-13,20H,4-5H2,1-3H3,(H,25,26,27). The van der Waals surface area contributed by atoms with E-state index < -0.39 is 6.04 Å². The highest BCUT2D eigenvalue weighted by atomic mass is 35.5. The lowest BCUT2D eigenvalue weighted by atomic mass is 9.96. The number of hydrogen-bond acceptors (Lipinski definition) is 6. The molecule has 0 saturated heterocycles. The fraction of sp³-hybridized carbons (Fsp3) is 0.261. The van der Waals surface area contributed by atoms with Crippen LogP contribution in [0.3, 0.4) is 0 Å². The number of fused-ring (bicyclic) bond motifs is 1. The van der Waals surface area contributed by atoms with Gasteiger partial charge in [0, 0.05) is 16.3 Å². The molecule has 0 radical (unpaired) electrons. The average Bonchev–Trinajstić information content (AvgIpc) is 3.18. The number of benzene rings is 2. The van der Waals surface area contributed by atoms with E-state index >= 15 is 0 Å². The molecule has 2 heterocycles. The summed E-state index contributed by atoms with van der Waals surface area (Å²) in [7, 11) is 0. The minimum atomic E-state index is -0.487. The van der Waals surface area contributed by atoms with Crippen LogP contribution in [-0.4, -0.2) is 33.9 Å². The van der Waals surface area contributed by atoms with Crippen LogP contribution in [0, 0.1) is 0 Å². The van der Waals surface area contributed by atoms with E-state index in [2.05, 4.69) is 10.3 Å². The number of allylic oxidation sites excluding steroid dienone is 1. The number of esters is 1. The van der Waals surface area contributed by atoms with Gasteiger partial charge in [0.2, 0.25) is 5.95 Å². The molecule has 160 valence electrons. The number of carbonyl (C=O) groups excluding carboxylic acids is 1. The summed E-state index contributed by atoms with van der Waals surface area (Å²) >= 11 is 6.01. The number of aromatic nitrogens is 3. The van der Waals surface area contributed by atoms with E-state index in [4.69, 9.17) is 26.2 Å². The van der Waals surface area contributed by atoms with E-state index in [1.165, 1.54) is 0 Å². The number of halogens is 1. The molecule has 0 bridgehead atoms. The zero-order valence-electron chi connectivity index (χ0n) is 17.6. The molecule has 0 saturated carbocycles. The highest BCUT2D eigenvalue weighted by Crippen LogP contribution is 2.37. The molecule has 0 aliphatic carbocycles. The smallest absolute Gasteiger partial charge is 0.338 e. The Morgan fingerprint density at radius 3 is 2.45 bits per heavy atom. The Kier molecular flexibility index (Phi) is 5.95. The van der Waals surface area contributed by atoms with Gasteiger partial charge in [-0.15, -0.1) is 5.10 Å². The third kappa shape index (κ3) is 4.14. The van der Waals surface area contributed by atoms with E-state index in [1.54, 1.807) is 23.7 Å². The molecule has 1 unspecified atom stereocenters. The molecule has 31 heavy (non-hydrogen) atoms. The van der Waals surface area contributed by atoms with E-state index in [-0.39, 0.29) is 12.6 Å². The summed E-state index contributed by atoms with van der Waals surface area (Å²) in [6.07, 6.45) is 0. The van der Waals surface area contributed by atoms with Crippen LogP contribution in [0.15, 0.2) is 59.8 Å². The van der Waals surface area contributed by atoms with Crippen molar-refractivity contribution < 1.29 is 14.3 Å². The maximum atomic E-state index is 12.9. The summed E-state index contributed by atoms with van der Waals surface area (Å²) in [5.74, 6) is 1.46. The minimum absolute atomic E-state index is 0.284. The van der Waals surface area contributed by atoms with Crippen molar-refractivity contribution in [1.29, 1.82) is 0 Å². The predicted molar refractivity (Wildman–Crippen MR) is 119 cm³/mol. The van der Waals surface area contributed by atoms with Gasteiger partial charge in [-0.05, 0) is 62.7 Å². The lowest BCUT2D eigenvalue weighted by molar-refractivity contribution is -0.139. The van der Waals surface area contributed by atoms with Crippen molar-refractivity contribution in [2.75, 3.05) is 18.5 Å². The zero-order chi connectivity index (χ0) is 22.0. The van der Waals surface area contributed by atoms with Crippen LogP contribution in [0.1, 0.15) is 32.4 Å². The van der Waals surface area contributed by atoms with Crippen molar-refractivity contribution in [3.63, 3.8) is 0 Å². The average molecular weight is 439 g/mol. The summed E-state index contributed by atoms with van der Waals surface area (Å²) in [4.78, 5) is 17.5. The van der Waals surface area contributed by atoms with Crippen LogP contribution in [0.2, 0.25) is 5.02 Å². The predicted octanol–water partition coefficient (Wildman–Crippen LogP) is 4.85. The Bertz CT molecular complexity index is 1120. The van der Waals surface area contributed by atoms with Gasteiger partial charge in [-0.3, -0.25) is 0 Å². The molecule has 2 aromatic carbocycles. The molecule has 1 aromatic heterocycles. The second-order valence-electron chi connectivity index (χ2n) is 7.00. The molecule has 0 amide bonds. The van der Waals surface area contributed by atoms with Gasteiger partial charge in [-0.2, -0.15) is 4.98 Å². The zero-order valence-corrected chi connectivity index (χ0v) is 18.3. The fourth-order valence-corrected chi connectivity index (χ4v) is 3.69. The van der Waals surface area contributed by atoms with Gasteiger partial charge in [-0.1, -0.05) is 23.7 Å². The van der Waals surface area contributed by atoms with Crippen LogP contribution in [0.25, 0.3) is 11.4 Å². The molecule has 0 fully saturated rings. The molecule has 0 spiro atoms. The van der Waals surface area contributed by atoms with Gasteiger partial charge in [0.1, 0.15) is 11.8 Å². The number of rotatable bonds is 6. The molecular weight excluding hydrogens is 416 g/mol. The van der Waals surface area contributed by atoms with Crippen molar-refractivity contribution >= 4 is 23.5 Å². The van der Waals surface area contributed by atoms with Crippen LogP contribution in [0.5, 0.6) is 5.75 Å². The third-order valence-electron chi connectivity index (χ3n) is 4.96. The van der Waals surface area contributed by atoms with Crippen molar-refractivity contribution in [2.45, 2.75) is 26.8 Å². The van der Waals surface area contributed by atoms with Crippen LogP contribution >= 0.6 is 11.6 Å². The van der Waals surface area contributed by atoms with Crippen molar-refractivity contribution in [1.82, 2.24) is 14.8 Å². The highest BCUT2D eigenvalue weighted by Gasteiger charge is 2.35. The second-order valence-corrected chi connectivity index (χ2v) is 7.44. The number of anilines is 1. The van der Waals surface area contributed by atoms with Crippen LogP contribution in [0.4, 0.5) is 5.95 Å². The maximum absolute atomic E-state index is 12.9. The largest absolute Gasteiger partial charge is 0.494 e. The first-order chi connectivity index (χ1) is 15.0. The Hall–Kier alpha value is -3.32. The molecular formula is C23H23ClN4O3. The summed E-state index contributed by atoms with van der Waals surface area (Å²) in [6, 6.07) is 14.5. The SMILES string of the molecule is CCOC(=O)C1=C(C)Nc2nc(-c3ccc(Cl)cc3)nn2C1c1ccc(OCC)cc1. The van der Waals surface area contributed by atoms with Crippen molar-refractivity contribution in [3.05, 3.63) is 70.4 Å². The molecule has 1 N–H and O–H groups in total. The first-order valence-electron chi connectivity index (χ1n) is 10.1. The first-order valence-corrected chi connectivity index (χ1v) is 10.5. The number of carbonyl (C=O) groups is 1. The molecule has 1 atom stereocenters.